The molecule has 8 nitrogen and oxygen atoms in total. The molecule has 0 saturated carbocycles. The van der Waals surface area contributed by atoms with Crippen LogP contribution in [0.1, 0.15) is 23.7 Å². The summed E-state index contributed by atoms with van der Waals surface area (Å²) in [6.45, 7) is 2.38. The zero-order chi connectivity index (χ0) is 22.5. The van der Waals surface area contributed by atoms with Gasteiger partial charge in [-0.15, -0.1) is 0 Å². The number of ether oxygens (including phenoxy) is 1. The van der Waals surface area contributed by atoms with E-state index in [4.69, 9.17) is 16.3 Å². The average Bonchev–Trinajstić information content (AvgIpc) is 3.21. The number of methoxy groups -OCH3 is 1. The van der Waals surface area contributed by atoms with Gasteiger partial charge in [0.05, 0.1) is 19.0 Å². The van der Waals surface area contributed by atoms with Crippen molar-refractivity contribution in [1.82, 2.24) is 25.0 Å². The molecule has 1 aromatic carbocycles. The Hall–Kier alpha value is -3.10. The Kier molecular flexibility index (Phi) is 6.92. The number of nitrogens with zero attached hydrogens (tertiary/aromatic N) is 4. The fourth-order valence-electron chi connectivity index (χ4n) is 4.01. The van der Waals surface area contributed by atoms with Gasteiger partial charge in [0.25, 0.3) is 0 Å². The summed E-state index contributed by atoms with van der Waals surface area (Å²) in [7, 11) is 3.54. The second-order valence-electron chi connectivity index (χ2n) is 7.95. The maximum Gasteiger partial charge on any atom is 0.319 e. The van der Waals surface area contributed by atoms with Gasteiger partial charge >= 0.3 is 6.03 Å². The van der Waals surface area contributed by atoms with Crippen molar-refractivity contribution in [2.75, 3.05) is 25.5 Å². The highest BCUT2D eigenvalue weighted by Crippen LogP contribution is 2.28. The van der Waals surface area contributed by atoms with E-state index in [2.05, 4.69) is 25.6 Å². The Labute approximate surface area is 192 Å². The van der Waals surface area contributed by atoms with E-state index in [0.717, 1.165) is 37.4 Å². The van der Waals surface area contributed by atoms with E-state index >= 15 is 0 Å². The number of carbonyl (C=O) groups excluding carboxylic acids is 1. The number of pyridine rings is 1. The van der Waals surface area contributed by atoms with E-state index < -0.39 is 0 Å². The minimum Gasteiger partial charge on any atom is -0.495 e. The lowest BCUT2D eigenvalue weighted by atomic mass is 9.88. The number of urea groups is 1. The summed E-state index contributed by atoms with van der Waals surface area (Å²) in [5.74, 6) is 0.745. The number of piperidine rings is 1. The number of nitrogens with one attached hydrogen (secondary N) is 2. The summed E-state index contributed by atoms with van der Waals surface area (Å²) in [6, 6.07) is 12.7. The van der Waals surface area contributed by atoms with Gasteiger partial charge in [-0.1, -0.05) is 11.6 Å². The first-order valence-electron chi connectivity index (χ1n) is 10.5. The largest absolute Gasteiger partial charge is 0.495 e. The zero-order valence-corrected chi connectivity index (χ0v) is 18.9. The van der Waals surface area contributed by atoms with Gasteiger partial charge in [-0.3, -0.25) is 14.6 Å². The lowest BCUT2D eigenvalue weighted by Crippen LogP contribution is -2.50. The summed E-state index contributed by atoms with van der Waals surface area (Å²) in [4.78, 5) is 19.7. The molecule has 4 rings (SSSR count). The number of benzene rings is 1. The van der Waals surface area contributed by atoms with Crippen molar-refractivity contribution in [3.05, 3.63) is 71.3 Å². The first-order valence-corrected chi connectivity index (χ1v) is 10.9. The van der Waals surface area contributed by atoms with Crippen molar-refractivity contribution in [3.63, 3.8) is 0 Å². The third-order valence-corrected chi connectivity index (χ3v) is 5.90. The third-order valence-electron chi connectivity index (χ3n) is 5.64. The fourth-order valence-corrected chi connectivity index (χ4v) is 4.14. The van der Waals surface area contributed by atoms with Crippen LogP contribution in [0.5, 0.6) is 5.75 Å². The van der Waals surface area contributed by atoms with Gasteiger partial charge in [-0.25, -0.2) is 4.79 Å². The number of amides is 2. The molecule has 0 bridgehead atoms. The lowest BCUT2D eigenvalue weighted by molar-refractivity contribution is 0.165. The quantitative estimate of drug-likeness (QED) is 0.593. The number of likely N-dealkylation sites (tertiary alicyclic amines) is 1. The van der Waals surface area contributed by atoms with E-state index in [1.807, 2.05) is 36.1 Å². The maximum atomic E-state index is 12.7. The van der Waals surface area contributed by atoms with Crippen LogP contribution in [0.3, 0.4) is 0 Å². The van der Waals surface area contributed by atoms with Crippen LogP contribution < -0.4 is 15.4 Å². The molecule has 2 atom stereocenters. The van der Waals surface area contributed by atoms with Gasteiger partial charge in [0.1, 0.15) is 5.75 Å². The topological polar surface area (TPSA) is 84.3 Å². The highest BCUT2D eigenvalue weighted by atomic mass is 35.5. The first-order chi connectivity index (χ1) is 15.5. The molecule has 9 heteroatoms. The Balaban J connectivity index is 1.47. The van der Waals surface area contributed by atoms with Crippen LogP contribution in [-0.4, -0.2) is 51.9 Å². The molecule has 168 valence electrons. The molecular weight excluding hydrogens is 428 g/mol. The molecule has 1 aliphatic rings. The Bertz CT molecular complexity index is 1040. The lowest BCUT2D eigenvalue weighted by Gasteiger charge is -2.38. The van der Waals surface area contributed by atoms with Crippen molar-refractivity contribution in [2.24, 2.45) is 7.05 Å². The van der Waals surface area contributed by atoms with Gasteiger partial charge < -0.3 is 15.4 Å². The molecule has 0 unspecified atom stereocenters. The van der Waals surface area contributed by atoms with Crippen LogP contribution in [0.4, 0.5) is 10.5 Å². The standard InChI is InChI=1S/C23H27ClN6O2/c1-29-11-9-18(28-29)14-30-12-10-22(20(15-30)21-8-7-19(32-2)13-25-21)27-23(31)26-17-5-3-16(24)4-6-17/h3-9,11,13,20,22H,10,12,14-15H2,1-2H3,(H2,26,27,31)/t20-,22+/m0/s1. The van der Waals surface area contributed by atoms with Gasteiger partial charge in [0.2, 0.25) is 0 Å². The molecule has 0 radical (unpaired) electrons. The van der Waals surface area contributed by atoms with Gasteiger partial charge in [-0.2, -0.15) is 5.10 Å². The van der Waals surface area contributed by atoms with Crippen LogP contribution in [0.15, 0.2) is 54.9 Å². The second kappa shape index (κ2) is 10.0. The van der Waals surface area contributed by atoms with E-state index in [9.17, 15) is 4.79 Å². The molecule has 2 amide bonds. The van der Waals surface area contributed by atoms with Crippen LogP contribution in [0, 0.1) is 0 Å². The number of anilines is 1. The van der Waals surface area contributed by atoms with E-state index in [0.29, 0.717) is 16.5 Å². The van der Waals surface area contributed by atoms with Crippen molar-refractivity contribution < 1.29 is 9.53 Å². The van der Waals surface area contributed by atoms with Crippen LogP contribution in [0.25, 0.3) is 0 Å². The number of aryl methyl sites for hydroxylation is 1. The van der Waals surface area contributed by atoms with Crippen molar-refractivity contribution in [3.8, 4) is 5.75 Å². The third kappa shape index (κ3) is 5.57. The number of rotatable bonds is 6. The van der Waals surface area contributed by atoms with E-state index in [1.165, 1.54) is 0 Å². The van der Waals surface area contributed by atoms with Gasteiger partial charge in [0.15, 0.2) is 0 Å². The first kappa shape index (κ1) is 22.1. The molecule has 0 spiro atoms. The summed E-state index contributed by atoms with van der Waals surface area (Å²) in [5, 5.41) is 11.2. The molecule has 2 aromatic heterocycles. The predicted molar refractivity (Wildman–Crippen MR) is 124 cm³/mol. The second-order valence-corrected chi connectivity index (χ2v) is 8.38. The number of aromatic nitrogens is 3. The molecule has 0 aliphatic carbocycles. The van der Waals surface area contributed by atoms with Crippen molar-refractivity contribution >= 4 is 23.3 Å². The highest BCUT2D eigenvalue weighted by molar-refractivity contribution is 6.30. The monoisotopic (exact) mass is 454 g/mol. The summed E-state index contributed by atoms with van der Waals surface area (Å²) >= 11 is 5.93. The molecule has 3 heterocycles. The van der Waals surface area contributed by atoms with Crippen LogP contribution in [-0.2, 0) is 13.6 Å². The smallest absolute Gasteiger partial charge is 0.319 e. The van der Waals surface area contributed by atoms with Crippen molar-refractivity contribution in [2.45, 2.75) is 24.9 Å². The Morgan fingerprint density at radius 1 is 1.22 bits per heavy atom. The van der Waals surface area contributed by atoms with Crippen molar-refractivity contribution in [1.29, 1.82) is 0 Å². The molecule has 1 fully saturated rings. The number of carbonyl (C=O) groups is 1. The Morgan fingerprint density at radius 2 is 2.03 bits per heavy atom. The fraction of sp³-hybridized carbons (Fsp3) is 0.348. The minimum absolute atomic E-state index is 0.0364. The van der Waals surface area contributed by atoms with Crippen LogP contribution in [0.2, 0.25) is 5.02 Å². The summed E-state index contributed by atoms with van der Waals surface area (Å²) < 4.78 is 7.07. The molecule has 1 saturated heterocycles. The van der Waals surface area contributed by atoms with Gasteiger partial charge in [-0.05, 0) is 48.9 Å². The maximum absolute atomic E-state index is 12.7. The molecule has 32 heavy (non-hydrogen) atoms. The highest BCUT2D eigenvalue weighted by Gasteiger charge is 2.32. The molecular formula is C23H27ClN6O2. The zero-order valence-electron chi connectivity index (χ0n) is 18.2. The SMILES string of the molecule is COc1ccc([C@@H]2CN(Cc3ccn(C)n3)CC[C@H]2NC(=O)Nc2ccc(Cl)cc2)nc1. The molecule has 2 N–H and O–H groups in total. The van der Waals surface area contributed by atoms with Gasteiger partial charge in [0, 0.05) is 61.2 Å². The molecule has 1 aliphatic heterocycles. The molecule has 3 aromatic rings. The normalized spacial score (nSPS) is 18.8. The average molecular weight is 455 g/mol. The van der Waals surface area contributed by atoms with E-state index in [-0.39, 0.29) is 18.0 Å². The number of hydrogen-bond donors (Lipinski definition) is 2. The predicted octanol–water partition coefficient (Wildman–Crippen LogP) is 3.66. The minimum atomic E-state index is -0.242. The number of halogens is 1. The number of hydrogen-bond acceptors (Lipinski definition) is 5. The summed E-state index contributed by atoms with van der Waals surface area (Å²) in [5.41, 5.74) is 2.65. The summed E-state index contributed by atoms with van der Waals surface area (Å²) in [6.07, 6.45) is 4.48. The Morgan fingerprint density at radius 3 is 2.69 bits per heavy atom. The van der Waals surface area contributed by atoms with E-state index in [1.54, 1.807) is 37.6 Å². The van der Waals surface area contributed by atoms with Crippen LogP contribution >= 0.6 is 11.6 Å².